The first kappa shape index (κ1) is 15.4. The maximum absolute atomic E-state index is 6.26. The summed E-state index contributed by atoms with van der Waals surface area (Å²) in [5, 5.41) is 0.712. The number of nitrogens with zero attached hydrogens (tertiary/aromatic N) is 6. The molecular weight excluding hydrogens is 324 g/mol. The van der Waals surface area contributed by atoms with Crippen LogP contribution < -0.4 is 14.7 Å². The van der Waals surface area contributed by atoms with Gasteiger partial charge in [0, 0.05) is 51.5 Å². The lowest BCUT2D eigenvalue weighted by Gasteiger charge is -2.36. The number of aromatic nitrogens is 3. The van der Waals surface area contributed by atoms with Gasteiger partial charge in [-0.05, 0) is 25.0 Å². The van der Waals surface area contributed by atoms with E-state index in [2.05, 4.69) is 35.7 Å². The molecule has 7 heteroatoms. The Morgan fingerprint density at radius 3 is 2.08 bits per heavy atom. The van der Waals surface area contributed by atoms with Crippen LogP contribution >= 0.6 is 11.6 Å². The smallest absolute Gasteiger partial charge is 0.147 e. The molecule has 0 amide bonds. The third-order valence-electron chi connectivity index (χ3n) is 4.71. The molecule has 2 aliphatic rings. The highest BCUT2D eigenvalue weighted by atomic mass is 35.5. The van der Waals surface area contributed by atoms with E-state index in [1.165, 1.54) is 12.8 Å². The van der Waals surface area contributed by atoms with Gasteiger partial charge >= 0.3 is 0 Å². The van der Waals surface area contributed by atoms with Crippen LogP contribution in [-0.4, -0.2) is 54.2 Å². The SMILES string of the molecule is Clc1cccnc1N1CCN(c2cc(N3CCCC3)ncn2)CC1. The second-order valence-electron chi connectivity index (χ2n) is 6.21. The third kappa shape index (κ3) is 3.11. The number of piperazine rings is 1. The van der Waals surface area contributed by atoms with E-state index in [4.69, 9.17) is 11.6 Å². The maximum atomic E-state index is 6.26. The second-order valence-corrected chi connectivity index (χ2v) is 6.62. The molecule has 0 saturated carbocycles. The molecule has 0 aromatic carbocycles. The van der Waals surface area contributed by atoms with Crippen molar-refractivity contribution < 1.29 is 0 Å². The van der Waals surface area contributed by atoms with E-state index in [0.29, 0.717) is 5.02 Å². The van der Waals surface area contributed by atoms with Crippen molar-refractivity contribution in [3.63, 3.8) is 0 Å². The van der Waals surface area contributed by atoms with E-state index in [1.54, 1.807) is 12.5 Å². The topological polar surface area (TPSA) is 48.4 Å². The fourth-order valence-corrected chi connectivity index (χ4v) is 3.63. The molecular formula is C17H21ClN6. The first-order valence-corrected chi connectivity index (χ1v) is 8.86. The molecule has 4 heterocycles. The Morgan fingerprint density at radius 1 is 0.792 bits per heavy atom. The molecule has 0 N–H and O–H groups in total. The standard InChI is InChI=1S/C17H21ClN6/c18-14-4-3-5-19-17(14)24-10-8-23(9-11-24)16-12-15(20-13-21-16)22-6-1-2-7-22/h3-5,12-13H,1-2,6-11H2. The molecule has 2 fully saturated rings. The molecule has 6 nitrogen and oxygen atoms in total. The molecule has 126 valence electrons. The molecule has 2 aliphatic heterocycles. The summed E-state index contributed by atoms with van der Waals surface area (Å²) in [4.78, 5) is 20.2. The molecule has 2 aromatic heterocycles. The zero-order chi connectivity index (χ0) is 16.4. The van der Waals surface area contributed by atoms with Gasteiger partial charge in [0.25, 0.3) is 0 Å². The second kappa shape index (κ2) is 6.81. The van der Waals surface area contributed by atoms with Crippen molar-refractivity contribution in [1.29, 1.82) is 0 Å². The van der Waals surface area contributed by atoms with Crippen molar-refractivity contribution in [2.24, 2.45) is 0 Å². The number of halogens is 1. The Morgan fingerprint density at radius 2 is 1.42 bits per heavy atom. The summed E-state index contributed by atoms with van der Waals surface area (Å²) in [6.45, 7) is 5.79. The van der Waals surface area contributed by atoms with E-state index < -0.39 is 0 Å². The first-order valence-electron chi connectivity index (χ1n) is 8.49. The highest BCUT2D eigenvalue weighted by molar-refractivity contribution is 6.32. The van der Waals surface area contributed by atoms with Crippen LogP contribution in [0.4, 0.5) is 17.5 Å². The van der Waals surface area contributed by atoms with Crippen molar-refractivity contribution in [3.8, 4) is 0 Å². The lowest BCUT2D eigenvalue weighted by Crippen LogP contribution is -2.47. The summed E-state index contributed by atoms with van der Waals surface area (Å²) in [6.07, 6.45) is 5.98. The van der Waals surface area contributed by atoms with Gasteiger partial charge < -0.3 is 14.7 Å². The van der Waals surface area contributed by atoms with E-state index >= 15 is 0 Å². The van der Waals surface area contributed by atoms with Crippen molar-refractivity contribution in [3.05, 3.63) is 35.7 Å². The lowest BCUT2D eigenvalue weighted by atomic mass is 10.3. The maximum Gasteiger partial charge on any atom is 0.147 e. The summed E-state index contributed by atoms with van der Waals surface area (Å²) < 4.78 is 0. The Balaban J connectivity index is 1.44. The number of anilines is 3. The number of hydrogen-bond donors (Lipinski definition) is 0. The molecule has 0 unspecified atom stereocenters. The lowest BCUT2D eigenvalue weighted by molar-refractivity contribution is 0.641. The van der Waals surface area contributed by atoms with Crippen LogP contribution in [0.15, 0.2) is 30.7 Å². The van der Waals surface area contributed by atoms with Gasteiger partial charge in [0.1, 0.15) is 23.8 Å². The predicted octanol–water partition coefficient (Wildman–Crippen LogP) is 2.45. The van der Waals surface area contributed by atoms with Crippen LogP contribution in [0.25, 0.3) is 0 Å². The molecule has 4 rings (SSSR count). The van der Waals surface area contributed by atoms with Crippen molar-refractivity contribution >= 4 is 29.1 Å². The number of hydrogen-bond acceptors (Lipinski definition) is 6. The zero-order valence-electron chi connectivity index (χ0n) is 13.6. The van der Waals surface area contributed by atoms with Gasteiger partial charge in [-0.15, -0.1) is 0 Å². The van der Waals surface area contributed by atoms with Gasteiger partial charge in [-0.25, -0.2) is 15.0 Å². The van der Waals surface area contributed by atoms with Crippen LogP contribution in [0, 0.1) is 0 Å². The fourth-order valence-electron chi connectivity index (χ4n) is 3.39. The Labute approximate surface area is 147 Å². The predicted molar refractivity (Wildman–Crippen MR) is 97.2 cm³/mol. The molecule has 0 bridgehead atoms. The Bertz CT molecular complexity index is 695. The molecule has 0 aliphatic carbocycles. The summed E-state index contributed by atoms with van der Waals surface area (Å²) in [5.41, 5.74) is 0. The van der Waals surface area contributed by atoms with Gasteiger partial charge in [-0.3, -0.25) is 0 Å². The van der Waals surface area contributed by atoms with Crippen molar-refractivity contribution in [2.45, 2.75) is 12.8 Å². The average Bonchev–Trinajstić information content (AvgIpc) is 3.17. The van der Waals surface area contributed by atoms with Crippen LogP contribution in [0.1, 0.15) is 12.8 Å². The number of pyridine rings is 1. The van der Waals surface area contributed by atoms with Gasteiger partial charge in [0.15, 0.2) is 0 Å². The quantitative estimate of drug-likeness (QED) is 0.852. The van der Waals surface area contributed by atoms with Crippen LogP contribution in [0.3, 0.4) is 0 Å². The largest absolute Gasteiger partial charge is 0.356 e. The van der Waals surface area contributed by atoms with E-state index in [0.717, 1.165) is 56.7 Å². The summed E-state index contributed by atoms with van der Waals surface area (Å²) in [5.74, 6) is 2.94. The molecule has 0 atom stereocenters. The molecule has 0 spiro atoms. The van der Waals surface area contributed by atoms with Gasteiger partial charge in [0.2, 0.25) is 0 Å². The fraction of sp³-hybridized carbons (Fsp3) is 0.471. The molecule has 0 radical (unpaired) electrons. The monoisotopic (exact) mass is 344 g/mol. The van der Waals surface area contributed by atoms with Crippen LogP contribution in [-0.2, 0) is 0 Å². The van der Waals surface area contributed by atoms with Crippen LogP contribution in [0.5, 0.6) is 0 Å². The summed E-state index contributed by atoms with van der Waals surface area (Å²) in [6, 6.07) is 5.88. The zero-order valence-corrected chi connectivity index (χ0v) is 14.4. The molecule has 2 saturated heterocycles. The minimum absolute atomic E-state index is 0.712. The molecule has 24 heavy (non-hydrogen) atoms. The van der Waals surface area contributed by atoms with Gasteiger partial charge in [-0.1, -0.05) is 11.6 Å². The Kier molecular flexibility index (Phi) is 4.38. The number of rotatable bonds is 3. The normalized spacial score (nSPS) is 18.3. The minimum Gasteiger partial charge on any atom is -0.356 e. The van der Waals surface area contributed by atoms with Gasteiger partial charge in [0.05, 0.1) is 5.02 Å². The van der Waals surface area contributed by atoms with E-state index in [9.17, 15) is 0 Å². The Hall–Kier alpha value is -2.08. The van der Waals surface area contributed by atoms with Gasteiger partial charge in [-0.2, -0.15) is 0 Å². The van der Waals surface area contributed by atoms with Crippen LogP contribution in [0.2, 0.25) is 5.02 Å². The van der Waals surface area contributed by atoms with Crippen molar-refractivity contribution in [2.75, 3.05) is 54.0 Å². The highest BCUT2D eigenvalue weighted by Gasteiger charge is 2.22. The minimum atomic E-state index is 0.712. The van der Waals surface area contributed by atoms with Crippen molar-refractivity contribution in [1.82, 2.24) is 15.0 Å². The highest BCUT2D eigenvalue weighted by Crippen LogP contribution is 2.26. The average molecular weight is 345 g/mol. The molecule has 2 aromatic rings. The first-order chi connectivity index (χ1) is 11.8. The summed E-state index contributed by atoms with van der Waals surface area (Å²) in [7, 11) is 0. The van der Waals surface area contributed by atoms with E-state index in [1.807, 2.05) is 12.1 Å². The van der Waals surface area contributed by atoms with E-state index in [-0.39, 0.29) is 0 Å². The third-order valence-corrected chi connectivity index (χ3v) is 5.01. The summed E-state index contributed by atoms with van der Waals surface area (Å²) >= 11 is 6.26.